The van der Waals surface area contributed by atoms with Gasteiger partial charge in [-0.15, -0.1) is 0 Å². The van der Waals surface area contributed by atoms with Crippen LogP contribution in [0.4, 0.5) is 0 Å². The van der Waals surface area contributed by atoms with Crippen LogP contribution < -0.4 is 10.6 Å². The minimum absolute atomic E-state index is 0.853. The van der Waals surface area contributed by atoms with Crippen LogP contribution in [-0.2, 0) is 13.1 Å². The van der Waals surface area contributed by atoms with Crippen LogP contribution >= 0.6 is 0 Å². The van der Waals surface area contributed by atoms with Gasteiger partial charge >= 0.3 is 0 Å². The molecule has 0 saturated heterocycles. The smallest absolute Gasteiger partial charge is 0.191 e. The molecule has 1 heterocycles. The minimum atomic E-state index is 0.853. The van der Waals surface area contributed by atoms with Crippen molar-refractivity contribution >= 4 is 5.96 Å². The molecular formula is C20H32N6. The van der Waals surface area contributed by atoms with Crippen molar-refractivity contribution in [2.75, 3.05) is 33.7 Å². The van der Waals surface area contributed by atoms with E-state index < -0.39 is 0 Å². The Bertz CT molecular complexity index is 677. The highest BCUT2D eigenvalue weighted by atomic mass is 15.3. The number of aliphatic imine (C=N–C) groups is 1. The molecule has 1 aromatic carbocycles. The van der Waals surface area contributed by atoms with Gasteiger partial charge in [0.05, 0.1) is 5.69 Å². The highest BCUT2D eigenvalue weighted by Crippen LogP contribution is 2.02. The largest absolute Gasteiger partial charge is 0.356 e. The van der Waals surface area contributed by atoms with E-state index in [0.29, 0.717) is 0 Å². The summed E-state index contributed by atoms with van der Waals surface area (Å²) < 4.78 is 2.06. The molecule has 0 amide bonds. The molecule has 0 aliphatic rings. The Morgan fingerprint density at radius 3 is 2.54 bits per heavy atom. The molecule has 0 spiro atoms. The second kappa shape index (κ2) is 10.6. The zero-order chi connectivity index (χ0) is 18.8. The van der Waals surface area contributed by atoms with Gasteiger partial charge in [-0.1, -0.05) is 30.3 Å². The Hall–Kier alpha value is -2.34. The van der Waals surface area contributed by atoms with E-state index in [1.807, 2.05) is 14.0 Å². The van der Waals surface area contributed by atoms with Gasteiger partial charge in [-0.25, -0.2) is 0 Å². The van der Waals surface area contributed by atoms with Gasteiger partial charge in [-0.05, 0) is 38.9 Å². The highest BCUT2D eigenvalue weighted by Gasteiger charge is 2.03. The number of guanidine groups is 1. The summed E-state index contributed by atoms with van der Waals surface area (Å²) in [5.41, 5.74) is 3.63. The molecule has 0 fully saturated rings. The van der Waals surface area contributed by atoms with Crippen LogP contribution in [0.25, 0.3) is 0 Å². The molecule has 0 unspecified atom stereocenters. The number of aryl methyl sites for hydroxylation is 3. The number of benzene rings is 1. The zero-order valence-electron chi connectivity index (χ0n) is 16.5. The fourth-order valence-electron chi connectivity index (χ4n) is 2.90. The molecule has 142 valence electrons. The lowest BCUT2D eigenvalue weighted by Gasteiger charge is -2.18. The maximum atomic E-state index is 4.49. The van der Waals surface area contributed by atoms with Crippen molar-refractivity contribution in [3.63, 3.8) is 0 Å². The fourth-order valence-corrected chi connectivity index (χ4v) is 2.90. The van der Waals surface area contributed by atoms with E-state index in [-0.39, 0.29) is 0 Å². The minimum Gasteiger partial charge on any atom is -0.356 e. The molecule has 0 aliphatic carbocycles. The second-order valence-corrected chi connectivity index (χ2v) is 6.65. The summed E-state index contributed by atoms with van der Waals surface area (Å²) in [5, 5.41) is 11.2. The van der Waals surface area contributed by atoms with Gasteiger partial charge in [0.1, 0.15) is 0 Å². The lowest BCUT2D eigenvalue weighted by Crippen LogP contribution is -2.41. The van der Waals surface area contributed by atoms with Crippen LogP contribution in [0.2, 0.25) is 0 Å². The molecule has 6 nitrogen and oxygen atoms in total. The number of hydrogen-bond acceptors (Lipinski definition) is 3. The van der Waals surface area contributed by atoms with Gasteiger partial charge in [0.15, 0.2) is 5.96 Å². The Balaban J connectivity index is 1.61. The Kier molecular flexibility index (Phi) is 8.15. The van der Waals surface area contributed by atoms with Crippen molar-refractivity contribution in [2.45, 2.75) is 33.4 Å². The lowest BCUT2D eigenvalue weighted by molar-refractivity contribution is 0.331. The van der Waals surface area contributed by atoms with Crippen molar-refractivity contribution in [2.24, 2.45) is 4.99 Å². The van der Waals surface area contributed by atoms with E-state index in [0.717, 1.165) is 50.8 Å². The van der Waals surface area contributed by atoms with Crippen LogP contribution in [0, 0.1) is 13.8 Å². The van der Waals surface area contributed by atoms with Gasteiger partial charge in [-0.3, -0.25) is 9.67 Å². The number of nitrogens with one attached hydrogen (secondary N) is 2. The van der Waals surface area contributed by atoms with Crippen molar-refractivity contribution < 1.29 is 0 Å². The molecule has 2 rings (SSSR count). The maximum Gasteiger partial charge on any atom is 0.191 e. The first-order valence-electron chi connectivity index (χ1n) is 9.26. The molecule has 2 aromatic rings. The summed E-state index contributed by atoms with van der Waals surface area (Å²) in [7, 11) is 3.95. The molecular weight excluding hydrogens is 324 g/mol. The van der Waals surface area contributed by atoms with Crippen LogP contribution in [0.3, 0.4) is 0 Å². The third-order valence-corrected chi connectivity index (χ3v) is 4.25. The highest BCUT2D eigenvalue weighted by molar-refractivity contribution is 5.79. The van der Waals surface area contributed by atoms with Crippen molar-refractivity contribution in [1.29, 1.82) is 0 Å². The van der Waals surface area contributed by atoms with E-state index in [2.05, 4.69) is 80.7 Å². The molecule has 2 N–H and O–H groups in total. The fraction of sp³-hybridized carbons (Fsp3) is 0.500. The van der Waals surface area contributed by atoms with Crippen LogP contribution in [-0.4, -0.2) is 54.4 Å². The van der Waals surface area contributed by atoms with E-state index in [9.17, 15) is 0 Å². The number of hydrogen-bond donors (Lipinski definition) is 2. The second-order valence-electron chi connectivity index (χ2n) is 6.65. The van der Waals surface area contributed by atoms with E-state index in [1.165, 1.54) is 11.3 Å². The molecule has 0 atom stereocenters. The average molecular weight is 357 g/mol. The lowest BCUT2D eigenvalue weighted by atomic mass is 10.2. The summed E-state index contributed by atoms with van der Waals surface area (Å²) in [4.78, 5) is 6.59. The summed E-state index contributed by atoms with van der Waals surface area (Å²) in [6, 6.07) is 12.6. The van der Waals surface area contributed by atoms with Gasteiger partial charge in [0.25, 0.3) is 0 Å². The molecule has 0 bridgehead atoms. The van der Waals surface area contributed by atoms with Gasteiger partial charge in [-0.2, -0.15) is 5.10 Å². The van der Waals surface area contributed by atoms with Gasteiger partial charge < -0.3 is 15.5 Å². The van der Waals surface area contributed by atoms with Gasteiger partial charge in [0, 0.05) is 45.5 Å². The Labute approximate surface area is 157 Å². The Morgan fingerprint density at radius 2 is 1.88 bits per heavy atom. The molecule has 0 aliphatic heterocycles. The standard InChI is InChI=1S/C20H32N6/c1-17-15-18(2)26(24-17)13-8-11-22-20(21-3)23-12-14-25(4)16-19-9-6-5-7-10-19/h5-7,9-10,15H,8,11-14,16H2,1-4H3,(H2,21,22,23). The normalized spacial score (nSPS) is 11.8. The molecule has 1 aromatic heterocycles. The average Bonchev–Trinajstić information content (AvgIpc) is 2.95. The van der Waals surface area contributed by atoms with Crippen molar-refractivity contribution in [1.82, 2.24) is 25.3 Å². The third kappa shape index (κ3) is 6.88. The topological polar surface area (TPSA) is 57.5 Å². The van der Waals surface area contributed by atoms with E-state index >= 15 is 0 Å². The first-order chi connectivity index (χ1) is 12.6. The molecule has 0 radical (unpaired) electrons. The quantitative estimate of drug-likeness (QED) is 0.411. The SMILES string of the molecule is CN=C(NCCCn1nc(C)cc1C)NCCN(C)Cc1ccccc1. The Morgan fingerprint density at radius 1 is 1.15 bits per heavy atom. The predicted octanol–water partition coefficient (Wildman–Crippen LogP) is 2.19. The molecule has 0 saturated carbocycles. The van der Waals surface area contributed by atoms with Crippen LogP contribution in [0.1, 0.15) is 23.4 Å². The summed E-state index contributed by atoms with van der Waals surface area (Å²) in [6.07, 6.45) is 1.01. The van der Waals surface area contributed by atoms with Gasteiger partial charge in [0.2, 0.25) is 0 Å². The summed E-state index contributed by atoms with van der Waals surface area (Å²) in [5.74, 6) is 0.853. The molecule has 26 heavy (non-hydrogen) atoms. The first kappa shape index (κ1) is 20.0. The van der Waals surface area contributed by atoms with E-state index in [1.54, 1.807) is 0 Å². The van der Waals surface area contributed by atoms with Crippen molar-refractivity contribution in [3.05, 3.63) is 53.3 Å². The first-order valence-corrected chi connectivity index (χ1v) is 9.26. The summed E-state index contributed by atoms with van der Waals surface area (Å²) in [6.45, 7) is 8.70. The number of likely N-dealkylation sites (N-methyl/N-ethyl adjacent to an activating group) is 1. The number of nitrogens with zero attached hydrogens (tertiary/aromatic N) is 4. The number of rotatable bonds is 9. The monoisotopic (exact) mass is 356 g/mol. The predicted molar refractivity (Wildman–Crippen MR) is 108 cm³/mol. The molecule has 6 heteroatoms. The summed E-state index contributed by atoms with van der Waals surface area (Å²) >= 11 is 0. The number of aromatic nitrogens is 2. The third-order valence-electron chi connectivity index (χ3n) is 4.25. The van der Waals surface area contributed by atoms with E-state index in [4.69, 9.17) is 0 Å². The van der Waals surface area contributed by atoms with Crippen LogP contribution in [0.5, 0.6) is 0 Å². The maximum absolute atomic E-state index is 4.49. The zero-order valence-corrected chi connectivity index (χ0v) is 16.5. The van der Waals surface area contributed by atoms with Crippen molar-refractivity contribution in [3.8, 4) is 0 Å². The van der Waals surface area contributed by atoms with Crippen LogP contribution in [0.15, 0.2) is 41.4 Å².